The highest BCUT2D eigenvalue weighted by Crippen LogP contribution is 2.13. The Hall–Kier alpha value is -3.68. The molecule has 0 aromatic carbocycles. The van der Waals surface area contributed by atoms with Crippen molar-refractivity contribution in [3.63, 3.8) is 0 Å². The second-order valence-electron chi connectivity index (χ2n) is 20.1. The topological polar surface area (TPSA) is 103 Å². The molecule has 0 amide bonds. The van der Waals surface area contributed by atoms with Gasteiger partial charge in [-0.3, -0.25) is 0 Å². The van der Waals surface area contributed by atoms with E-state index in [-0.39, 0.29) is 0 Å². The quantitative estimate of drug-likeness (QED) is 0.0868. The van der Waals surface area contributed by atoms with E-state index in [1.165, 1.54) is 59.8 Å². The van der Waals surface area contributed by atoms with E-state index in [4.69, 9.17) is 0 Å². The average Bonchev–Trinajstić information content (AvgIpc) is 3.15. The molecule has 0 aliphatic heterocycles. The third kappa shape index (κ3) is 29.5. The van der Waals surface area contributed by atoms with E-state index in [0.29, 0.717) is 23.7 Å². The van der Waals surface area contributed by atoms with Gasteiger partial charge in [0.15, 0.2) is 0 Å². The summed E-state index contributed by atoms with van der Waals surface area (Å²) in [4.78, 5) is 35.0. The molecule has 8 nitrogen and oxygen atoms in total. The maximum atomic E-state index is 4.61. The van der Waals surface area contributed by atoms with Crippen LogP contribution in [0.4, 0.5) is 0 Å². The summed E-state index contributed by atoms with van der Waals surface area (Å²) in [5, 5.41) is 0. The minimum atomic E-state index is 0.629. The van der Waals surface area contributed by atoms with Gasteiger partial charge in [0.2, 0.25) is 0 Å². The summed E-state index contributed by atoms with van der Waals surface area (Å²) in [6, 6.07) is 8.37. The van der Waals surface area contributed by atoms with Gasteiger partial charge in [-0.1, -0.05) is 111 Å². The van der Waals surface area contributed by atoms with Crippen molar-refractivity contribution in [1.82, 2.24) is 39.9 Å². The van der Waals surface area contributed by atoms with E-state index in [9.17, 15) is 0 Å². The lowest BCUT2D eigenvalue weighted by atomic mass is 10.0. The van der Waals surface area contributed by atoms with Gasteiger partial charge in [0, 0.05) is 59.4 Å². The Labute approximate surface area is 369 Å². The molecule has 0 bridgehead atoms. The molecule has 4 rings (SSSR count). The van der Waals surface area contributed by atoms with Crippen LogP contribution >= 0.6 is 0 Å². The number of hydrogen-bond donors (Lipinski definition) is 0. The fraction of sp³-hybridized carbons (Fsp3) is 0.692. The predicted octanol–water partition coefficient (Wildman–Crippen LogP) is 13.1. The van der Waals surface area contributed by atoms with Crippen LogP contribution in [0.5, 0.6) is 0 Å². The third-order valence-corrected chi connectivity index (χ3v) is 9.41. The molecule has 0 aliphatic rings. The lowest BCUT2D eigenvalue weighted by Crippen LogP contribution is -2.04. The second kappa shape index (κ2) is 31.2. The molecule has 0 unspecified atom stereocenters. The molecule has 0 saturated carbocycles. The van der Waals surface area contributed by atoms with Crippen LogP contribution < -0.4 is 0 Å². The molecule has 0 spiro atoms. The minimum Gasteiger partial charge on any atom is -0.241 e. The highest BCUT2D eigenvalue weighted by atomic mass is 14.9. The maximum absolute atomic E-state index is 4.61. The van der Waals surface area contributed by atoms with Gasteiger partial charge in [0.1, 0.15) is 24.3 Å². The zero-order valence-electron chi connectivity index (χ0n) is 41.3. The summed E-state index contributed by atoms with van der Waals surface area (Å²) >= 11 is 0. The van der Waals surface area contributed by atoms with Gasteiger partial charge in [-0.25, -0.2) is 39.9 Å². The van der Waals surface area contributed by atoms with Crippen LogP contribution in [-0.2, 0) is 51.4 Å². The molecule has 4 heterocycles. The smallest absolute Gasteiger partial charge is 0.128 e. The Bertz CT molecular complexity index is 1430. The molecule has 0 N–H and O–H groups in total. The Morgan fingerprint density at radius 2 is 0.650 bits per heavy atom. The van der Waals surface area contributed by atoms with Gasteiger partial charge in [-0.2, -0.15) is 0 Å². The Morgan fingerprint density at radius 3 is 1.08 bits per heavy atom. The van der Waals surface area contributed by atoms with Crippen molar-refractivity contribution in [3.8, 4) is 0 Å². The monoisotopic (exact) mass is 825 g/mol. The van der Waals surface area contributed by atoms with Crippen molar-refractivity contribution < 1.29 is 0 Å². The van der Waals surface area contributed by atoms with Crippen molar-refractivity contribution in [2.24, 2.45) is 47.3 Å². The fourth-order valence-corrected chi connectivity index (χ4v) is 6.09. The summed E-state index contributed by atoms with van der Waals surface area (Å²) in [5.74, 6) is 7.57. The molecule has 4 aromatic rings. The van der Waals surface area contributed by atoms with Gasteiger partial charge >= 0.3 is 0 Å². The van der Waals surface area contributed by atoms with Crippen molar-refractivity contribution in [2.45, 2.75) is 188 Å². The minimum absolute atomic E-state index is 0.629. The standard InChI is InChI=1S/2C14H24N2.2C12H20N2/c1-11(2)5-7-13-9-14(16-10-15-13)8-6-12(3)4;1-11(2)5-7-13-9-10-15-14(16-13)8-6-12(3)4;1-9(2)5-11-7-12(6-10(3)4)14-8-13-11;1-9(2)7-11-5-6-13-12(14-11)8-10(3)4/h2*9-12H,5-8H2,1-4H3;7-10H,5-6H2,1-4H3;5-6,9-10H,7-8H2,1-4H3. The predicted molar refractivity (Wildman–Crippen MR) is 255 cm³/mol. The first-order chi connectivity index (χ1) is 28.3. The summed E-state index contributed by atoms with van der Waals surface area (Å²) in [6.07, 6.45) is 20.4. The molecule has 0 fully saturated rings. The molecule has 0 radical (unpaired) electrons. The number of rotatable bonds is 20. The summed E-state index contributed by atoms with van der Waals surface area (Å²) in [5.41, 5.74) is 7.11. The van der Waals surface area contributed by atoms with E-state index < -0.39 is 0 Å². The molecule has 0 saturated heterocycles. The van der Waals surface area contributed by atoms with Crippen LogP contribution in [-0.4, -0.2) is 39.9 Å². The molecular weight excluding hydrogens is 737 g/mol. The van der Waals surface area contributed by atoms with Crippen LogP contribution in [0.25, 0.3) is 0 Å². The first-order valence-electron chi connectivity index (χ1n) is 23.5. The van der Waals surface area contributed by atoms with Crippen LogP contribution in [0.3, 0.4) is 0 Å². The number of hydrogen-bond acceptors (Lipinski definition) is 8. The van der Waals surface area contributed by atoms with Crippen LogP contribution in [0.1, 0.15) is 182 Å². The normalized spacial score (nSPS) is 11.3. The molecular formula is C52H88N8. The summed E-state index contributed by atoms with van der Waals surface area (Å²) in [6.45, 7) is 35.6. The van der Waals surface area contributed by atoms with Gasteiger partial charge < -0.3 is 0 Å². The van der Waals surface area contributed by atoms with Crippen molar-refractivity contribution in [3.05, 3.63) is 95.1 Å². The lowest BCUT2D eigenvalue weighted by molar-refractivity contribution is 0.564. The largest absolute Gasteiger partial charge is 0.241 e. The lowest BCUT2D eigenvalue weighted by Gasteiger charge is -2.07. The first-order valence-corrected chi connectivity index (χ1v) is 23.5. The van der Waals surface area contributed by atoms with E-state index in [2.05, 4.69) is 163 Å². The van der Waals surface area contributed by atoms with E-state index in [1.54, 1.807) is 12.7 Å². The van der Waals surface area contributed by atoms with Gasteiger partial charge in [0.25, 0.3) is 0 Å². The average molecular weight is 825 g/mol. The van der Waals surface area contributed by atoms with E-state index >= 15 is 0 Å². The Kier molecular flexibility index (Phi) is 28.3. The highest BCUT2D eigenvalue weighted by Gasteiger charge is 2.07. The first kappa shape index (κ1) is 54.3. The molecule has 4 aromatic heterocycles. The van der Waals surface area contributed by atoms with Crippen LogP contribution in [0, 0.1) is 47.3 Å². The van der Waals surface area contributed by atoms with Crippen molar-refractivity contribution >= 4 is 0 Å². The van der Waals surface area contributed by atoms with Crippen LogP contribution in [0.15, 0.2) is 49.3 Å². The molecule has 8 heteroatoms. The zero-order valence-corrected chi connectivity index (χ0v) is 41.3. The molecule has 60 heavy (non-hydrogen) atoms. The zero-order chi connectivity index (χ0) is 45.0. The summed E-state index contributed by atoms with van der Waals surface area (Å²) < 4.78 is 0. The van der Waals surface area contributed by atoms with Crippen LogP contribution in [0.2, 0.25) is 0 Å². The van der Waals surface area contributed by atoms with E-state index in [0.717, 1.165) is 86.7 Å². The number of aromatic nitrogens is 8. The fourth-order valence-electron chi connectivity index (χ4n) is 6.09. The molecule has 0 atom stereocenters. The van der Waals surface area contributed by atoms with Crippen molar-refractivity contribution in [2.75, 3.05) is 0 Å². The van der Waals surface area contributed by atoms with E-state index in [1.807, 2.05) is 24.5 Å². The van der Waals surface area contributed by atoms with Gasteiger partial charge in [-0.15, -0.1) is 0 Å². The molecule has 336 valence electrons. The highest BCUT2D eigenvalue weighted by molar-refractivity contribution is 5.10. The third-order valence-electron chi connectivity index (χ3n) is 9.41. The van der Waals surface area contributed by atoms with Crippen molar-refractivity contribution in [1.29, 1.82) is 0 Å². The Morgan fingerprint density at radius 1 is 0.317 bits per heavy atom. The molecule has 0 aliphatic carbocycles. The number of nitrogens with zero attached hydrogens (tertiary/aromatic N) is 8. The second-order valence-corrected chi connectivity index (χ2v) is 20.1. The van der Waals surface area contributed by atoms with Gasteiger partial charge in [-0.05, 0) is 136 Å². The van der Waals surface area contributed by atoms with Gasteiger partial charge in [0.05, 0.1) is 0 Å². The maximum Gasteiger partial charge on any atom is 0.128 e. The number of aryl methyl sites for hydroxylation is 4. The SMILES string of the molecule is CC(C)CCc1cc(CCC(C)C)ncn1.CC(C)CCc1ccnc(CCC(C)C)n1.CC(C)Cc1cc(CC(C)C)ncn1.CC(C)Cc1ccnc(CC(C)C)n1. The Balaban J connectivity index is 0.000000401. The summed E-state index contributed by atoms with van der Waals surface area (Å²) in [7, 11) is 0.